The van der Waals surface area contributed by atoms with Gasteiger partial charge in [0.25, 0.3) is 0 Å². The fraction of sp³-hybridized carbons (Fsp3) is 0. The minimum Gasteiger partial charge on any atom is -0.162 e. The molecule has 2 rings (SSSR count). The zero-order valence-electron chi connectivity index (χ0n) is 5.91. The van der Waals surface area contributed by atoms with Crippen LogP contribution in [0.15, 0.2) is 24.8 Å². The summed E-state index contributed by atoms with van der Waals surface area (Å²) in [5.74, 6) is 0. The normalized spacial score (nSPS) is 10.3. The molecule has 0 aliphatic carbocycles. The monoisotopic (exact) mass is 202 g/mol. The number of nitrogens with zero attached hydrogens (tertiary/aromatic N) is 4. The van der Waals surface area contributed by atoms with Crippen LogP contribution < -0.4 is 10.2 Å². The van der Waals surface area contributed by atoms with Gasteiger partial charge in [0.15, 0.2) is 12.4 Å². The SMILES string of the molecule is c1c[nH+]n(SSn2ncc[nH+]2)n1. The average molecular weight is 202 g/mol. The highest BCUT2D eigenvalue weighted by Crippen LogP contribution is 2.18. The van der Waals surface area contributed by atoms with E-state index in [9.17, 15) is 0 Å². The molecule has 0 aliphatic rings. The lowest BCUT2D eigenvalue weighted by atomic mass is 11.0. The Bertz CT molecular complexity index is 281. The van der Waals surface area contributed by atoms with Crippen LogP contribution in [0.3, 0.4) is 0 Å². The minimum absolute atomic E-state index is 1.42. The molecule has 0 atom stereocenters. The van der Waals surface area contributed by atoms with Crippen LogP contribution in [0.2, 0.25) is 0 Å². The molecule has 2 aromatic rings. The van der Waals surface area contributed by atoms with Gasteiger partial charge in [-0.1, -0.05) is 0 Å². The van der Waals surface area contributed by atoms with Gasteiger partial charge in [-0.05, 0) is 0 Å². The summed E-state index contributed by atoms with van der Waals surface area (Å²) in [5, 5.41) is 13.7. The Morgan fingerprint density at radius 3 is 1.75 bits per heavy atom. The van der Waals surface area contributed by atoms with Gasteiger partial charge in [-0.25, -0.2) is 0 Å². The van der Waals surface area contributed by atoms with E-state index < -0.39 is 0 Å². The Kier molecular flexibility index (Phi) is 2.28. The van der Waals surface area contributed by atoms with E-state index in [-0.39, 0.29) is 0 Å². The van der Waals surface area contributed by atoms with Crippen molar-refractivity contribution >= 4 is 22.0 Å². The van der Waals surface area contributed by atoms with Crippen molar-refractivity contribution in [2.75, 3.05) is 0 Å². The van der Waals surface area contributed by atoms with Crippen LogP contribution in [0.25, 0.3) is 0 Å². The Hall–Kier alpha value is -1.02. The highest BCUT2D eigenvalue weighted by molar-refractivity contribution is 8.75. The lowest BCUT2D eigenvalue weighted by Gasteiger charge is -1.84. The van der Waals surface area contributed by atoms with Crippen molar-refractivity contribution < 1.29 is 10.2 Å². The van der Waals surface area contributed by atoms with Crippen molar-refractivity contribution in [1.29, 1.82) is 0 Å². The van der Waals surface area contributed by atoms with Crippen molar-refractivity contribution in [2.45, 2.75) is 0 Å². The van der Waals surface area contributed by atoms with Gasteiger partial charge in [0.2, 0.25) is 12.4 Å². The summed E-state index contributed by atoms with van der Waals surface area (Å²) < 4.78 is 3.25. The molecule has 12 heavy (non-hydrogen) atoms. The van der Waals surface area contributed by atoms with Crippen molar-refractivity contribution in [3.63, 3.8) is 0 Å². The summed E-state index contributed by atoms with van der Waals surface area (Å²) in [7, 11) is 2.84. The van der Waals surface area contributed by atoms with Crippen LogP contribution in [0.5, 0.6) is 0 Å². The number of rotatable bonds is 3. The maximum atomic E-state index is 3.96. The molecule has 0 spiro atoms. The standard InChI is InChI=1S/C4H4N6S2/c1-2-6-9(5-1)11-12-10-7-3-4-8-10/h1-4H/p+2. The summed E-state index contributed by atoms with van der Waals surface area (Å²) >= 11 is 0. The maximum absolute atomic E-state index is 3.96. The lowest BCUT2D eigenvalue weighted by Crippen LogP contribution is -2.15. The third kappa shape index (κ3) is 1.77. The second-order valence-corrected chi connectivity index (χ2v) is 3.70. The molecule has 2 aromatic heterocycles. The highest BCUT2D eigenvalue weighted by Gasteiger charge is 2.05. The number of H-pyrrole nitrogens is 2. The summed E-state index contributed by atoms with van der Waals surface area (Å²) in [4.78, 5) is 0. The highest BCUT2D eigenvalue weighted by atomic mass is 33.1. The third-order valence-corrected chi connectivity index (χ3v) is 2.83. The predicted octanol–water partition coefficient (Wildman–Crippen LogP) is -0.684. The van der Waals surface area contributed by atoms with Crippen LogP contribution >= 0.6 is 22.0 Å². The first-order valence-corrected chi connectivity index (χ1v) is 5.20. The van der Waals surface area contributed by atoms with E-state index in [1.165, 1.54) is 22.0 Å². The Morgan fingerprint density at radius 1 is 0.917 bits per heavy atom. The summed E-state index contributed by atoms with van der Waals surface area (Å²) in [6, 6.07) is 0. The molecule has 0 unspecified atom stereocenters. The van der Waals surface area contributed by atoms with Crippen LogP contribution in [0, 0.1) is 0 Å². The number of aromatic amines is 2. The third-order valence-electron chi connectivity index (χ3n) is 1.04. The molecule has 0 bridgehead atoms. The molecule has 0 radical (unpaired) electrons. The molecular weight excluding hydrogens is 196 g/mol. The Labute approximate surface area is 76.0 Å². The number of nitrogens with one attached hydrogen (secondary N) is 2. The molecule has 6 nitrogen and oxygen atoms in total. The quantitative estimate of drug-likeness (QED) is 0.618. The van der Waals surface area contributed by atoms with Crippen LogP contribution in [0.1, 0.15) is 0 Å². The first-order chi connectivity index (χ1) is 5.95. The van der Waals surface area contributed by atoms with Crippen LogP contribution in [0.4, 0.5) is 0 Å². The van der Waals surface area contributed by atoms with Gasteiger partial charge in [-0.15, -0.1) is 0 Å². The lowest BCUT2D eigenvalue weighted by molar-refractivity contribution is -0.469. The van der Waals surface area contributed by atoms with E-state index in [4.69, 9.17) is 0 Å². The summed E-state index contributed by atoms with van der Waals surface area (Å²) in [5.41, 5.74) is 0. The van der Waals surface area contributed by atoms with E-state index in [0.29, 0.717) is 0 Å². The fourth-order valence-electron chi connectivity index (χ4n) is 0.593. The minimum atomic E-state index is 1.42. The van der Waals surface area contributed by atoms with Gasteiger partial charge in [-0.3, -0.25) is 0 Å². The molecule has 0 saturated heterocycles. The molecule has 62 valence electrons. The van der Waals surface area contributed by atoms with Crippen LogP contribution in [-0.2, 0) is 0 Å². The van der Waals surface area contributed by atoms with Crippen LogP contribution in [-0.4, -0.2) is 18.6 Å². The fourth-order valence-corrected chi connectivity index (χ4v) is 1.98. The summed E-state index contributed by atoms with van der Waals surface area (Å²) in [6.45, 7) is 0. The molecule has 0 amide bonds. The zero-order valence-corrected chi connectivity index (χ0v) is 7.55. The van der Waals surface area contributed by atoms with Gasteiger partial charge < -0.3 is 0 Å². The van der Waals surface area contributed by atoms with Gasteiger partial charge in [0.05, 0.1) is 10.2 Å². The zero-order chi connectivity index (χ0) is 8.23. The van der Waals surface area contributed by atoms with Crippen molar-refractivity contribution in [2.24, 2.45) is 0 Å². The van der Waals surface area contributed by atoms with Gasteiger partial charge in [0, 0.05) is 8.40 Å². The summed E-state index contributed by atoms with van der Waals surface area (Å²) in [6.07, 6.45) is 6.86. The molecule has 0 aromatic carbocycles. The first kappa shape index (κ1) is 7.62. The first-order valence-electron chi connectivity index (χ1n) is 3.14. The smallest absolute Gasteiger partial charge is 0.162 e. The number of hydrogen-bond donors (Lipinski definition) is 0. The molecule has 8 heteroatoms. The topological polar surface area (TPSA) is 63.9 Å². The second kappa shape index (κ2) is 3.59. The van der Waals surface area contributed by atoms with E-state index in [1.807, 2.05) is 0 Å². The van der Waals surface area contributed by atoms with Gasteiger partial charge in [-0.2, -0.15) is 10.2 Å². The van der Waals surface area contributed by atoms with E-state index in [2.05, 4.69) is 20.4 Å². The predicted molar refractivity (Wildman–Crippen MR) is 43.5 cm³/mol. The van der Waals surface area contributed by atoms with Gasteiger partial charge in [0.1, 0.15) is 22.0 Å². The average Bonchev–Trinajstić information content (AvgIpc) is 2.74. The molecule has 0 aliphatic heterocycles. The van der Waals surface area contributed by atoms with E-state index in [1.54, 1.807) is 33.2 Å². The molecule has 2 N–H and O–H groups in total. The van der Waals surface area contributed by atoms with Gasteiger partial charge >= 0.3 is 0 Å². The maximum Gasteiger partial charge on any atom is 0.207 e. The number of aromatic nitrogens is 6. The molecular formula is C4H6N6S2+2. The molecule has 2 heterocycles. The Balaban J connectivity index is 1.91. The Morgan fingerprint density at radius 2 is 1.42 bits per heavy atom. The number of hydrogen-bond acceptors (Lipinski definition) is 4. The second-order valence-electron chi connectivity index (χ2n) is 1.82. The molecule has 0 saturated carbocycles. The van der Waals surface area contributed by atoms with E-state index >= 15 is 0 Å². The van der Waals surface area contributed by atoms with Crippen molar-refractivity contribution in [3.05, 3.63) is 24.8 Å². The van der Waals surface area contributed by atoms with E-state index in [0.717, 1.165) is 0 Å². The van der Waals surface area contributed by atoms with Crippen molar-refractivity contribution in [3.8, 4) is 0 Å². The van der Waals surface area contributed by atoms with Crippen molar-refractivity contribution in [1.82, 2.24) is 18.6 Å². The molecule has 0 fully saturated rings. The largest absolute Gasteiger partial charge is 0.207 e.